The van der Waals surface area contributed by atoms with Crippen LogP contribution in [-0.4, -0.2) is 28.0 Å². The van der Waals surface area contributed by atoms with Crippen molar-refractivity contribution in [1.29, 1.82) is 0 Å². The molecule has 0 aliphatic carbocycles. The van der Waals surface area contributed by atoms with E-state index in [4.69, 9.17) is 16.3 Å². The van der Waals surface area contributed by atoms with E-state index in [0.29, 0.717) is 22.0 Å². The highest BCUT2D eigenvalue weighted by Gasteiger charge is 2.29. The molecule has 0 spiro atoms. The number of sulfonamides is 1. The normalized spacial score (nSPS) is 11.1. The van der Waals surface area contributed by atoms with Crippen LogP contribution in [0.3, 0.4) is 0 Å². The zero-order chi connectivity index (χ0) is 22.6. The number of benzene rings is 3. The van der Waals surface area contributed by atoms with Crippen molar-refractivity contribution in [1.82, 2.24) is 0 Å². The molecule has 0 bridgehead atoms. The van der Waals surface area contributed by atoms with Gasteiger partial charge in [0.1, 0.15) is 18.1 Å². The summed E-state index contributed by atoms with van der Waals surface area (Å²) in [6, 6.07) is 15.9. The summed E-state index contributed by atoms with van der Waals surface area (Å²) >= 11 is 5.93. The van der Waals surface area contributed by atoms with Gasteiger partial charge in [0.25, 0.3) is 10.0 Å². The number of carbonyl (C=O) groups excluding carboxylic acids is 1. The fourth-order valence-corrected chi connectivity index (χ4v) is 4.57. The van der Waals surface area contributed by atoms with Gasteiger partial charge in [0.05, 0.1) is 17.7 Å². The molecule has 3 aromatic rings. The summed E-state index contributed by atoms with van der Waals surface area (Å²) in [4.78, 5) is 12.6. The van der Waals surface area contributed by atoms with Crippen LogP contribution >= 0.6 is 11.6 Å². The molecular formula is C22H20ClFN2O4S. The number of aryl methyl sites for hydroxylation is 1. The number of hydrogen-bond donors (Lipinski definition) is 1. The van der Waals surface area contributed by atoms with Crippen molar-refractivity contribution in [2.45, 2.75) is 11.8 Å². The molecule has 9 heteroatoms. The standard InChI is InChI=1S/C22H20ClFN2O4S/c1-15-13-16(23)7-12-20(15)25-22(27)14-26(21-6-4-3-5-19(21)24)31(28,29)18-10-8-17(30-2)9-11-18/h3-13H,14H2,1-2H3,(H,25,27). The van der Waals surface area contributed by atoms with Gasteiger partial charge < -0.3 is 10.1 Å². The Hall–Kier alpha value is -3.10. The van der Waals surface area contributed by atoms with Crippen LogP contribution in [0.25, 0.3) is 0 Å². The smallest absolute Gasteiger partial charge is 0.264 e. The van der Waals surface area contributed by atoms with Crippen LogP contribution in [0.2, 0.25) is 5.02 Å². The molecular weight excluding hydrogens is 443 g/mol. The van der Waals surface area contributed by atoms with Gasteiger partial charge in [0.15, 0.2) is 0 Å². The second kappa shape index (κ2) is 9.36. The van der Waals surface area contributed by atoms with Gasteiger partial charge in [-0.15, -0.1) is 0 Å². The molecule has 0 heterocycles. The van der Waals surface area contributed by atoms with Crippen molar-refractivity contribution in [3.05, 3.63) is 83.1 Å². The Morgan fingerprint density at radius 3 is 2.39 bits per heavy atom. The number of halogens is 2. The number of amides is 1. The second-order valence-electron chi connectivity index (χ2n) is 6.65. The van der Waals surface area contributed by atoms with E-state index < -0.39 is 28.3 Å². The number of nitrogens with zero attached hydrogens (tertiary/aromatic N) is 1. The minimum absolute atomic E-state index is 0.105. The molecule has 0 unspecified atom stereocenters. The number of para-hydroxylation sites is 1. The van der Waals surface area contributed by atoms with Crippen molar-refractivity contribution >= 4 is 38.9 Å². The van der Waals surface area contributed by atoms with E-state index in [-0.39, 0.29) is 10.6 Å². The van der Waals surface area contributed by atoms with Crippen LogP contribution in [0.15, 0.2) is 71.6 Å². The maximum absolute atomic E-state index is 14.5. The first-order valence-electron chi connectivity index (χ1n) is 9.19. The maximum atomic E-state index is 14.5. The van der Waals surface area contributed by atoms with E-state index in [1.54, 1.807) is 25.1 Å². The van der Waals surface area contributed by atoms with Crippen molar-refractivity contribution in [2.24, 2.45) is 0 Å². The first kappa shape index (κ1) is 22.6. The lowest BCUT2D eigenvalue weighted by molar-refractivity contribution is -0.114. The van der Waals surface area contributed by atoms with E-state index in [0.717, 1.165) is 10.4 Å². The highest BCUT2D eigenvalue weighted by atomic mass is 35.5. The molecule has 0 atom stereocenters. The number of carbonyl (C=O) groups is 1. The lowest BCUT2D eigenvalue weighted by atomic mass is 10.2. The Labute approximate surface area is 185 Å². The van der Waals surface area contributed by atoms with Crippen molar-refractivity contribution < 1.29 is 22.3 Å². The summed E-state index contributed by atoms with van der Waals surface area (Å²) in [6.45, 7) is 1.13. The number of anilines is 2. The van der Waals surface area contributed by atoms with Crippen molar-refractivity contribution in [3.8, 4) is 5.75 Å². The van der Waals surface area contributed by atoms with Gasteiger partial charge in [-0.25, -0.2) is 12.8 Å². The third kappa shape index (κ3) is 5.15. The zero-order valence-corrected chi connectivity index (χ0v) is 18.4. The molecule has 3 rings (SSSR count). The number of ether oxygens (including phenoxy) is 1. The molecule has 31 heavy (non-hydrogen) atoms. The van der Waals surface area contributed by atoms with Gasteiger partial charge in [-0.1, -0.05) is 23.7 Å². The molecule has 0 aromatic heterocycles. The number of hydrogen-bond acceptors (Lipinski definition) is 4. The molecule has 0 saturated heterocycles. The van der Waals surface area contributed by atoms with E-state index in [1.165, 1.54) is 49.6 Å². The van der Waals surface area contributed by atoms with Gasteiger partial charge in [0, 0.05) is 10.7 Å². The summed E-state index contributed by atoms with van der Waals surface area (Å²) in [6.07, 6.45) is 0. The molecule has 0 fully saturated rings. The Morgan fingerprint density at radius 1 is 1.10 bits per heavy atom. The number of nitrogens with one attached hydrogen (secondary N) is 1. The molecule has 1 amide bonds. The van der Waals surface area contributed by atoms with E-state index in [2.05, 4.69) is 5.32 Å². The van der Waals surface area contributed by atoms with Crippen LogP contribution in [0, 0.1) is 12.7 Å². The molecule has 162 valence electrons. The predicted octanol–water partition coefficient (Wildman–Crippen LogP) is 4.63. The molecule has 3 aromatic carbocycles. The lowest BCUT2D eigenvalue weighted by Crippen LogP contribution is -2.38. The van der Waals surface area contributed by atoms with Crippen LogP contribution in [0.5, 0.6) is 5.75 Å². The van der Waals surface area contributed by atoms with Gasteiger partial charge in [-0.05, 0) is 67.1 Å². The van der Waals surface area contributed by atoms with E-state index in [1.807, 2.05) is 0 Å². The van der Waals surface area contributed by atoms with Crippen LogP contribution in [0.1, 0.15) is 5.56 Å². The Morgan fingerprint density at radius 2 is 1.77 bits per heavy atom. The third-order valence-corrected chi connectivity index (χ3v) is 6.53. The molecule has 1 N–H and O–H groups in total. The molecule has 6 nitrogen and oxygen atoms in total. The second-order valence-corrected chi connectivity index (χ2v) is 8.94. The summed E-state index contributed by atoms with van der Waals surface area (Å²) < 4.78 is 46.9. The largest absolute Gasteiger partial charge is 0.497 e. The predicted molar refractivity (Wildman–Crippen MR) is 119 cm³/mol. The first-order valence-corrected chi connectivity index (χ1v) is 11.0. The summed E-state index contributed by atoms with van der Waals surface area (Å²) in [5.74, 6) is -0.937. The highest BCUT2D eigenvalue weighted by Crippen LogP contribution is 2.27. The topological polar surface area (TPSA) is 75.7 Å². The molecule has 0 saturated carbocycles. The molecule has 0 aliphatic rings. The van der Waals surface area contributed by atoms with Gasteiger partial charge in [0.2, 0.25) is 5.91 Å². The highest BCUT2D eigenvalue weighted by molar-refractivity contribution is 7.92. The van der Waals surface area contributed by atoms with Crippen molar-refractivity contribution in [2.75, 3.05) is 23.3 Å². The Bertz CT molecular complexity index is 1200. The summed E-state index contributed by atoms with van der Waals surface area (Å²) in [5.41, 5.74) is 0.947. The summed E-state index contributed by atoms with van der Waals surface area (Å²) in [7, 11) is -2.79. The van der Waals surface area contributed by atoms with Gasteiger partial charge in [-0.3, -0.25) is 9.10 Å². The number of methoxy groups -OCH3 is 1. The van der Waals surface area contributed by atoms with E-state index in [9.17, 15) is 17.6 Å². The number of rotatable bonds is 7. The zero-order valence-electron chi connectivity index (χ0n) is 16.8. The minimum atomic E-state index is -4.25. The molecule has 0 radical (unpaired) electrons. The average Bonchev–Trinajstić information content (AvgIpc) is 2.74. The van der Waals surface area contributed by atoms with E-state index >= 15 is 0 Å². The SMILES string of the molecule is COc1ccc(S(=O)(=O)N(CC(=O)Nc2ccc(Cl)cc2C)c2ccccc2F)cc1. The Kier molecular flexibility index (Phi) is 6.82. The monoisotopic (exact) mass is 462 g/mol. The fourth-order valence-electron chi connectivity index (χ4n) is 2.92. The molecule has 0 aliphatic heterocycles. The van der Waals surface area contributed by atoms with Crippen LogP contribution < -0.4 is 14.4 Å². The first-order chi connectivity index (χ1) is 14.7. The fraction of sp³-hybridized carbons (Fsp3) is 0.136. The average molecular weight is 463 g/mol. The quantitative estimate of drug-likeness (QED) is 0.555. The third-order valence-electron chi connectivity index (χ3n) is 4.52. The minimum Gasteiger partial charge on any atom is -0.497 e. The maximum Gasteiger partial charge on any atom is 0.264 e. The van der Waals surface area contributed by atoms with Crippen molar-refractivity contribution in [3.63, 3.8) is 0 Å². The van der Waals surface area contributed by atoms with Crippen LogP contribution in [-0.2, 0) is 14.8 Å². The summed E-state index contributed by atoms with van der Waals surface area (Å²) in [5, 5.41) is 3.16. The Balaban J connectivity index is 1.96. The van der Waals surface area contributed by atoms with Gasteiger partial charge in [-0.2, -0.15) is 0 Å². The lowest BCUT2D eigenvalue weighted by Gasteiger charge is -2.24. The van der Waals surface area contributed by atoms with Gasteiger partial charge >= 0.3 is 0 Å². The van der Waals surface area contributed by atoms with Crippen LogP contribution in [0.4, 0.5) is 15.8 Å².